The van der Waals surface area contributed by atoms with Gasteiger partial charge in [0.1, 0.15) is 11.5 Å². The molecule has 3 nitrogen and oxygen atoms in total. The first kappa shape index (κ1) is 15.3. The van der Waals surface area contributed by atoms with Crippen LogP contribution in [0.4, 0.5) is 0 Å². The quantitative estimate of drug-likeness (QED) is 0.819. The second kappa shape index (κ2) is 7.60. The summed E-state index contributed by atoms with van der Waals surface area (Å²) in [6.07, 6.45) is 6.63. The number of nitrogens with one attached hydrogen (secondary N) is 1. The molecule has 4 heteroatoms. The van der Waals surface area contributed by atoms with Gasteiger partial charge in [-0.3, -0.25) is 4.98 Å². The molecule has 0 aromatic carbocycles. The van der Waals surface area contributed by atoms with E-state index in [0.29, 0.717) is 0 Å². The minimum atomic E-state index is 0.200. The number of hydrogen-bond donors (Lipinski definition) is 1. The van der Waals surface area contributed by atoms with Gasteiger partial charge in [-0.2, -0.15) is 0 Å². The molecule has 1 unspecified atom stereocenters. The third-order valence-electron chi connectivity index (χ3n) is 3.22. The van der Waals surface area contributed by atoms with Crippen molar-refractivity contribution >= 4 is 15.9 Å². The molecule has 108 valence electrons. The van der Waals surface area contributed by atoms with Crippen molar-refractivity contribution in [2.45, 2.75) is 39.2 Å². The van der Waals surface area contributed by atoms with Gasteiger partial charge in [0, 0.05) is 23.3 Å². The van der Waals surface area contributed by atoms with Crippen molar-refractivity contribution in [3.8, 4) is 0 Å². The Labute approximate surface area is 128 Å². The predicted octanol–water partition coefficient (Wildman–Crippen LogP) is 4.28. The van der Waals surface area contributed by atoms with Gasteiger partial charge < -0.3 is 9.73 Å². The fourth-order valence-corrected chi connectivity index (χ4v) is 2.58. The zero-order valence-electron chi connectivity index (χ0n) is 12.0. The van der Waals surface area contributed by atoms with Gasteiger partial charge in [-0.25, -0.2) is 0 Å². The summed E-state index contributed by atoms with van der Waals surface area (Å²) in [5.74, 6) is 2.05. The summed E-state index contributed by atoms with van der Waals surface area (Å²) in [4.78, 5) is 4.23. The summed E-state index contributed by atoms with van der Waals surface area (Å²) in [5.41, 5.74) is 1.20. The van der Waals surface area contributed by atoms with Crippen LogP contribution in [0.25, 0.3) is 0 Å². The van der Waals surface area contributed by atoms with Crippen LogP contribution in [0.5, 0.6) is 0 Å². The van der Waals surface area contributed by atoms with Crippen LogP contribution < -0.4 is 5.32 Å². The first-order valence-electron chi connectivity index (χ1n) is 7.14. The maximum Gasteiger partial charge on any atom is 0.121 e. The summed E-state index contributed by atoms with van der Waals surface area (Å²) in [6, 6.07) is 6.45. The van der Waals surface area contributed by atoms with Crippen LogP contribution in [0.15, 0.2) is 39.5 Å². The summed E-state index contributed by atoms with van der Waals surface area (Å²) in [6.45, 7) is 5.26. The van der Waals surface area contributed by atoms with Gasteiger partial charge in [0.2, 0.25) is 0 Å². The zero-order chi connectivity index (χ0) is 14.4. The summed E-state index contributed by atoms with van der Waals surface area (Å²) >= 11 is 3.47. The monoisotopic (exact) mass is 336 g/mol. The summed E-state index contributed by atoms with van der Waals surface area (Å²) in [5, 5.41) is 3.55. The average molecular weight is 337 g/mol. The van der Waals surface area contributed by atoms with Gasteiger partial charge in [0.05, 0.1) is 6.04 Å². The van der Waals surface area contributed by atoms with Gasteiger partial charge in [0.25, 0.3) is 0 Å². The van der Waals surface area contributed by atoms with Gasteiger partial charge >= 0.3 is 0 Å². The molecule has 0 spiro atoms. The molecule has 2 aromatic heterocycles. The first-order valence-corrected chi connectivity index (χ1v) is 7.93. The van der Waals surface area contributed by atoms with Gasteiger partial charge in [-0.05, 0) is 59.1 Å². The van der Waals surface area contributed by atoms with E-state index < -0.39 is 0 Å². The van der Waals surface area contributed by atoms with Crippen molar-refractivity contribution in [1.82, 2.24) is 10.3 Å². The number of pyridine rings is 1. The lowest BCUT2D eigenvalue weighted by Gasteiger charge is -2.16. The summed E-state index contributed by atoms with van der Waals surface area (Å²) in [7, 11) is 0. The largest absolute Gasteiger partial charge is 0.464 e. The number of halogens is 1. The van der Waals surface area contributed by atoms with Crippen LogP contribution in [-0.2, 0) is 12.8 Å². The molecular formula is C16H21BrN2O. The van der Waals surface area contributed by atoms with Crippen LogP contribution in [-0.4, -0.2) is 11.5 Å². The van der Waals surface area contributed by atoms with E-state index in [2.05, 4.69) is 58.3 Å². The number of aromatic nitrogens is 1. The van der Waals surface area contributed by atoms with Crippen LogP contribution >= 0.6 is 15.9 Å². The average Bonchev–Trinajstić information content (AvgIpc) is 2.92. The molecule has 0 radical (unpaired) electrons. The number of nitrogens with zero attached hydrogens (tertiary/aromatic N) is 1. The minimum absolute atomic E-state index is 0.200. The smallest absolute Gasteiger partial charge is 0.121 e. The fraction of sp³-hybridized carbons (Fsp3) is 0.438. The van der Waals surface area contributed by atoms with E-state index in [1.807, 2.05) is 6.20 Å². The Balaban J connectivity index is 2.14. The highest BCUT2D eigenvalue weighted by atomic mass is 79.9. The maximum atomic E-state index is 5.90. The van der Waals surface area contributed by atoms with E-state index in [1.165, 1.54) is 5.56 Å². The lowest BCUT2D eigenvalue weighted by molar-refractivity contribution is 0.392. The molecule has 2 aromatic rings. The van der Waals surface area contributed by atoms with E-state index in [4.69, 9.17) is 4.42 Å². The first-order chi connectivity index (χ1) is 9.72. The maximum absolute atomic E-state index is 5.90. The Hall–Kier alpha value is -1.13. The molecule has 0 aliphatic heterocycles. The molecule has 0 saturated heterocycles. The van der Waals surface area contributed by atoms with Crippen LogP contribution in [0.3, 0.4) is 0 Å². The van der Waals surface area contributed by atoms with E-state index >= 15 is 0 Å². The second-order valence-electron chi connectivity index (χ2n) is 4.88. The van der Waals surface area contributed by atoms with E-state index in [1.54, 1.807) is 6.20 Å². The molecule has 0 bridgehead atoms. The second-order valence-corrected chi connectivity index (χ2v) is 5.80. The molecule has 0 aliphatic rings. The van der Waals surface area contributed by atoms with Gasteiger partial charge in [-0.1, -0.05) is 13.8 Å². The molecule has 0 fully saturated rings. The van der Waals surface area contributed by atoms with Crippen LogP contribution in [0.2, 0.25) is 0 Å². The molecule has 2 rings (SSSR count). The molecule has 0 amide bonds. The number of furan rings is 1. The molecule has 20 heavy (non-hydrogen) atoms. The number of hydrogen-bond acceptors (Lipinski definition) is 3. The van der Waals surface area contributed by atoms with Crippen LogP contribution in [0, 0.1) is 0 Å². The molecule has 0 aliphatic carbocycles. The Morgan fingerprint density at radius 1 is 1.30 bits per heavy atom. The standard InChI is InChI=1S/C16H21BrN2O/c1-3-7-19-15(16-6-5-14(4-2)20-16)9-12-8-13(17)11-18-10-12/h5-6,8,10-11,15,19H,3-4,7,9H2,1-2H3. The minimum Gasteiger partial charge on any atom is -0.464 e. The van der Waals surface area contributed by atoms with Crippen molar-refractivity contribution in [1.29, 1.82) is 0 Å². The van der Waals surface area contributed by atoms with Crippen molar-refractivity contribution in [3.05, 3.63) is 52.1 Å². The fourth-order valence-electron chi connectivity index (χ4n) is 2.17. The Kier molecular flexibility index (Phi) is 5.80. The van der Waals surface area contributed by atoms with E-state index in [-0.39, 0.29) is 6.04 Å². The van der Waals surface area contributed by atoms with E-state index in [0.717, 1.165) is 41.8 Å². The Morgan fingerprint density at radius 3 is 2.80 bits per heavy atom. The Morgan fingerprint density at radius 2 is 2.15 bits per heavy atom. The van der Waals surface area contributed by atoms with Gasteiger partial charge in [-0.15, -0.1) is 0 Å². The predicted molar refractivity (Wildman–Crippen MR) is 84.8 cm³/mol. The highest BCUT2D eigenvalue weighted by Gasteiger charge is 2.15. The SMILES string of the molecule is CCCNC(Cc1cncc(Br)c1)c1ccc(CC)o1. The van der Waals surface area contributed by atoms with Crippen molar-refractivity contribution in [2.24, 2.45) is 0 Å². The number of aryl methyl sites for hydroxylation is 1. The van der Waals surface area contributed by atoms with Crippen molar-refractivity contribution in [2.75, 3.05) is 6.54 Å². The molecule has 2 heterocycles. The molecule has 0 saturated carbocycles. The highest BCUT2D eigenvalue weighted by Crippen LogP contribution is 2.22. The normalized spacial score (nSPS) is 12.6. The molecule has 1 atom stereocenters. The topological polar surface area (TPSA) is 38.1 Å². The third kappa shape index (κ3) is 4.18. The number of rotatable bonds is 7. The van der Waals surface area contributed by atoms with Crippen molar-refractivity contribution < 1.29 is 4.42 Å². The lowest BCUT2D eigenvalue weighted by atomic mass is 10.1. The van der Waals surface area contributed by atoms with Crippen molar-refractivity contribution in [3.63, 3.8) is 0 Å². The van der Waals surface area contributed by atoms with E-state index in [9.17, 15) is 0 Å². The summed E-state index contributed by atoms with van der Waals surface area (Å²) < 4.78 is 6.91. The molecular weight excluding hydrogens is 316 g/mol. The van der Waals surface area contributed by atoms with Gasteiger partial charge in [0.15, 0.2) is 0 Å². The third-order valence-corrected chi connectivity index (χ3v) is 3.65. The van der Waals surface area contributed by atoms with Crippen LogP contribution in [0.1, 0.15) is 43.4 Å². The zero-order valence-corrected chi connectivity index (χ0v) is 13.6. The molecule has 1 N–H and O–H groups in total. The Bertz CT molecular complexity index is 539. The lowest BCUT2D eigenvalue weighted by Crippen LogP contribution is -2.23. The highest BCUT2D eigenvalue weighted by molar-refractivity contribution is 9.10.